The largest absolute Gasteiger partial charge is 0.339 e. The minimum Gasteiger partial charge on any atom is -0.339 e. The Morgan fingerprint density at radius 3 is 2.46 bits per heavy atom. The van der Waals surface area contributed by atoms with Crippen molar-refractivity contribution in [2.24, 2.45) is 5.92 Å². The second-order valence-corrected chi connectivity index (χ2v) is 4.20. The first-order valence-corrected chi connectivity index (χ1v) is 5.24. The van der Waals surface area contributed by atoms with Gasteiger partial charge in [0.2, 0.25) is 5.91 Å². The van der Waals surface area contributed by atoms with Crippen LogP contribution in [0.3, 0.4) is 0 Å². The molecule has 2 fully saturated rings. The van der Waals surface area contributed by atoms with Crippen molar-refractivity contribution in [2.45, 2.75) is 32.6 Å². The Hall–Kier alpha value is -0.790. The van der Waals surface area contributed by atoms with Gasteiger partial charge in [-0.2, -0.15) is 0 Å². The van der Waals surface area contributed by atoms with E-state index in [1.54, 1.807) is 0 Å². The summed E-state index contributed by atoms with van der Waals surface area (Å²) in [6.07, 6.45) is 6.79. The van der Waals surface area contributed by atoms with Crippen LogP contribution in [0.5, 0.6) is 0 Å². The Morgan fingerprint density at radius 2 is 1.92 bits per heavy atom. The van der Waals surface area contributed by atoms with Crippen LogP contribution in [0.1, 0.15) is 32.6 Å². The fourth-order valence-corrected chi connectivity index (χ4v) is 1.88. The molecule has 13 heavy (non-hydrogen) atoms. The predicted octanol–water partition coefficient (Wildman–Crippen LogP) is 1.97. The third-order valence-electron chi connectivity index (χ3n) is 2.99. The van der Waals surface area contributed by atoms with Crippen LogP contribution in [-0.2, 0) is 4.79 Å². The first-order chi connectivity index (χ1) is 6.27. The summed E-state index contributed by atoms with van der Waals surface area (Å²) in [6, 6.07) is 0. The fourth-order valence-electron chi connectivity index (χ4n) is 1.88. The summed E-state index contributed by atoms with van der Waals surface area (Å²) >= 11 is 0. The normalized spacial score (nSPS) is 23.8. The van der Waals surface area contributed by atoms with Gasteiger partial charge in [0.15, 0.2) is 0 Å². The number of likely N-dealkylation sites (tertiary alicyclic amines) is 1. The maximum Gasteiger partial charge on any atom is 0.246 e. The third-order valence-corrected chi connectivity index (χ3v) is 2.99. The molecule has 0 aromatic carbocycles. The number of amides is 1. The van der Waals surface area contributed by atoms with Crippen LogP contribution in [0, 0.1) is 5.92 Å². The highest BCUT2D eigenvalue weighted by Gasteiger charge is 2.24. The fraction of sp³-hybridized carbons (Fsp3) is 0.727. The molecule has 0 unspecified atom stereocenters. The maximum absolute atomic E-state index is 11.6. The average molecular weight is 179 g/mol. The molecule has 1 saturated carbocycles. The summed E-state index contributed by atoms with van der Waals surface area (Å²) in [5.74, 6) is 0.966. The van der Waals surface area contributed by atoms with E-state index in [1.807, 2.05) is 11.0 Å². The minimum absolute atomic E-state index is 0.238. The summed E-state index contributed by atoms with van der Waals surface area (Å²) in [6.45, 7) is 4.02. The highest BCUT2D eigenvalue weighted by Crippen LogP contribution is 2.36. The highest BCUT2D eigenvalue weighted by molar-refractivity contribution is 5.88. The standard InChI is InChI=1S/C11H17NO/c1-9(10-4-5-10)8-11(13)12-6-2-3-7-12/h8,10H,2-7H2,1H3/b9-8+. The van der Waals surface area contributed by atoms with Crippen LogP contribution in [0.2, 0.25) is 0 Å². The molecule has 1 heterocycles. The number of hydrogen-bond acceptors (Lipinski definition) is 1. The van der Waals surface area contributed by atoms with Gasteiger partial charge in [-0.1, -0.05) is 5.57 Å². The van der Waals surface area contributed by atoms with Crippen LogP contribution < -0.4 is 0 Å². The smallest absolute Gasteiger partial charge is 0.246 e. The Labute approximate surface area is 79.6 Å². The molecule has 1 aliphatic heterocycles. The molecular formula is C11H17NO. The lowest BCUT2D eigenvalue weighted by molar-refractivity contribution is -0.125. The van der Waals surface area contributed by atoms with E-state index in [0.29, 0.717) is 0 Å². The van der Waals surface area contributed by atoms with Crippen molar-refractivity contribution in [3.05, 3.63) is 11.6 Å². The first-order valence-electron chi connectivity index (χ1n) is 5.24. The van der Waals surface area contributed by atoms with Crippen LogP contribution in [0.4, 0.5) is 0 Å². The van der Waals surface area contributed by atoms with Crippen LogP contribution >= 0.6 is 0 Å². The Balaban J connectivity index is 1.92. The van der Waals surface area contributed by atoms with Gasteiger partial charge in [-0.25, -0.2) is 0 Å². The SMILES string of the molecule is C/C(=C\C(=O)N1CCCC1)C1CC1. The van der Waals surface area contributed by atoms with E-state index in [0.717, 1.165) is 19.0 Å². The zero-order chi connectivity index (χ0) is 9.26. The van der Waals surface area contributed by atoms with Gasteiger partial charge in [-0.15, -0.1) is 0 Å². The number of carbonyl (C=O) groups is 1. The molecule has 72 valence electrons. The van der Waals surface area contributed by atoms with E-state index in [9.17, 15) is 4.79 Å². The van der Waals surface area contributed by atoms with Crippen molar-refractivity contribution in [3.8, 4) is 0 Å². The summed E-state index contributed by atoms with van der Waals surface area (Å²) in [4.78, 5) is 13.6. The Morgan fingerprint density at radius 1 is 1.31 bits per heavy atom. The van der Waals surface area contributed by atoms with E-state index in [1.165, 1.54) is 31.3 Å². The van der Waals surface area contributed by atoms with Crippen molar-refractivity contribution in [2.75, 3.05) is 13.1 Å². The van der Waals surface area contributed by atoms with Crippen LogP contribution in [-0.4, -0.2) is 23.9 Å². The van der Waals surface area contributed by atoms with E-state index in [4.69, 9.17) is 0 Å². The van der Waals surface area contributed by atoms with Gasteiger partial charge in [0.05, 0.1) is 0 Å². The molecule has 1 aliphatic carbocycles. The summed E-state index contributed by atoms with van der Waals surface area (Å²) in [5.41, 5.74) is 1.29. The highest BCUT2D eigenvalue weighted by atomic mass is 16.2. The molecule has 0 bridgehead atoms. The molecule has 0 radical (unpaired) electrons. The lowest BCUT2D eigenvalue weighted by Gasteiger charge is -2.12. The quantitative estimate of drug-likeness (QED) is 0.593. The van der Waals surface area contributed by atoms with Gasteiger partial charge in [0.25, 0.3) is 0 Å². The van der Waals surface area contributed by atoms with Gasteiger partial charge in [-0.05, 0) is 38.5 Å². The molecule has 0 N–H and O–H groups in total. The lowest BCUT2D eigenvalue weighted by Crippen LogP contribution is -2.25. The Bertz CT molecular complexity index is 234. The van der Waals surface area contributed by atoms with E-state index in [2.05, 4.69) is 6.92 Å². The molecule has 2 heteroatoms. The summed E-state index contributed by atoms with van der Waals surface area (Å²) in [5, 5.41) is 0. The maximum atomic E-state index is 11.6. The molecule has 1 amide bonds. The second-order valence-electron chi connectivity index (χ2n) is 4.20. The number of hydrogen-bond donors (Lipinski definition) is 0. The van der Waals surface area contributed by atoms with Crippen molar-refractivity contribution in [3.63, 3.8) is 0 Å². The van der Waals surface area contributed by atoms with Crippen LogP contribution in [0.25, 0.3) is 0 Å². The van der Waals surface area contributed by atoms with Crippen molar-refractivity contribution < 1.29 is 4.79 Å². The average Bonchev–Trinajstić information content (AvgIpc) is 2.81. The van der Waals surface area contributed by atoms with Crippen molar-refractivity contribution in [1.29, 1.82) is 0 Å². The summed E-state index contributed by atoms with van der Waals surface area (Å²) in [7, 11) is 0. The van der Waals surface area contributed by atoms with E-state index in [-0.39, 0.29) is 5.91 Å². The molecule has 0 atom stereocenters. The predicted molar refractivity (Wildman–Crippen MR) is 52.3 cm³/mol. The molecule has 2 aliphatic rings. The summed E-state index contributed by atoms with van der Waals surface area (Å²) < 4.78 is 0. The number of nitrogens with zero attached hydrogens (tertiary/aromatic N) is 1. The molecule has 1 saturated heterocycles. The van der Waals surface area contributed by atoms with Gasteiger partial charge in [0, 0.05) is 19.2 Å². The lowest BCUT2D eigenvalue weighted by atomic mass is 10.2. The van der Waals surface area contributed by atoms with Crippen molar-refractivity contribution in [1.82, 2.24) is 4.90 Å². The molecular weight excluding hydrogens is 162 g/mol. The minimum atomic E-state index is 0.238. The van der Waals surface area contributed by atoms with Gasteiger partial charge >= 0.3 is 0 Å². The number of carbonyl (C=O) groups excluding carboxylic acids is 1. The van der Waals surface area contributed by atoms with E-state index < -0.39 is 0 Å². The molecule has 2 nitrogen and oxygen atoms in total. The third kappa shape index (κ3) is 2.11. The molecule has 0 aromatic heterocycles. The molecule has 0 spiro atoms. The number of allylic oxidation sites excluding steroid dienone is 1. The second kappa shape index (κ2) is 3.52. The molecule has 2 rings (SSSR count). The van der Waals surface area contributed by atoms with Crippen LogP contribution in [0.15, 0.2) is 11.6 Å². The zero-order valence-corrected chi connectivity index (χ0v) is 8.25. The zero-order valence-electron chi connectivity index (χ0n) is 8.25. The molecule has 0 aromatic rings. The first kappa shape index (κ1) is 8.79. The van der Waals surface area contributed by atoms with E-state index >= 15 is 0 Å². The van der Waals surface area contributed by atoms with Gasteiger partial charge in [0.1, 0.15) is 0 Å². The van der Waals surface area contributed by atoms with Gasteiger partial charge < -0.3 is 4.90 Å². The Kier molecular flexibility index (Phi) is 2.38. The monoisotopic (exact) mass is 179 g/mol. The number of rotatable bonds is 2. The topological polar surface area (TPSA) is 20.3 Å². The van der Waals surface area contributed by atoms with Crippen molar-refractivity contribution >= 4 is 5.91 Å². The van der Waals surface area contributed by atoms with Gasteiger partial charge in [-0.3, -0.25) is 4.79 Å².